The fraction of sp³-hybridized carbons (Fsp3) is 1.00. The lowest BCUT2D eigenvalue weighted by Crippen LogP contribution is -2.89. The van der Waals surface area contributed by atoms with E-state index in [1.165, 1.54) is 0 Å². The second kappa shape index (κ2) is 14.5. The number of rotatable bonds is 3. The Bertz CT molecular complexity index is 1920. The van der Waals surface area contributed by atoms with E-state index in [-0.39, 0.29) is 34.6 Å². The van der Waals surface area contributed by atoms with Gasteiger partial charge in [-0.05, 0) is 68.7 Å². The maximum Gasteiger partial charge on any atom is 0.304 e. The minimum Gasteiger partial charge on any atom is -0.381 e. The van der Waals surface area contributed by atoms with Crippen molar-refractivity contribution in [3.05, 3.63) is 0 Å². The Labute approximate surface area is 387 Å². The van der Waals surface area contributed by atoms with Crippen LogP contribution in [0.4, 0.5) is 136 Å². The summed E-state index contributed by atoms with van der Waals surface area (Å²) in [6.07, 6.45) is -6.71. The molecule has 6 fully saturated rings. The number of hydrogen-bond donors (Lipinski definition) is 1. The van der Waals surface area contributed by atoms with Crippen LogP contribution in [0.2, 0.25) is 0 Å². The minimum atomic E-state index is -6.08. The molecule has 1 N–H and O–H groups in total. The first-order valence-corrected chi connectivity index (χ1v) is 20.5. The van der Waals surface area contributed by atoms with Gasteiger partial charge in [0, 0.05) is 12.8 Å². The molecule has 0 amide bonds. The largest absolute Gasteiger partial charge is 0.381 e. The molecular weight excluding hydrogens is 1090 g/mol. The highest BCUT2D eigenvalue weighted by atomic mass is 19.3. The number of fused-ring (bicyclic) bond motifs is 6. The summed E-state index contributed by atoms with van der Waals surface area (Å²) in [4.78, 5) is 0. The van der Waals surface area contributed by atoms with Gasteiger partial charge in [-0.1, -0.05) is 6.92 Å². The van der Waals surface area contributed by atoms with Crippen LogP contribution >= 0.6 is 0 Å². The van der Waals surface area contributed by atoms with Crippen LogP contribution in [0.1, 0.15) is 88.5 Å². The molecule has 12 atom stereocenters. The van der Waals surface area contributed by atoms with Crippen molar-refractivity contribution in [2.75, 3.05) is 20.0 Å². The lowest BCUT2D eigenvalue weighted by Gasteiger charge is -2.69. The molecule has 32 heteroatoms. The monoisotopic (exact) mass is 1130 g/mol. The van der Waals surface area contributed by atoms with Crippen LogP contribution in [0, 0.1) is 37.9 Å². The number of alkyl halides is 31. The molecule has 0 heterocycles. The lowest BCUT2D eigenvalue weighted by atomic mass is 9.40. The molecule has 0 aliphatic heterocycles. The highest BCUT2D eigenvalue weighted by Crippen LogP contribution is 2.85. The molecule has 72 heavy (non-hydrogen) atoms. The summed E-state index contributed by atoms with van der Waals surface area (Å²) >= 11 is 0. The van der Waals surface area contributed by atoms with Crippen molar-refractivity contribution in [3.63, 3.8) is 0 Å². The van der Waals surface area contributed by atoms with E-state index >= 15 is 0 Å². The third kappa shape index (κ3) is 5.22. The molecule has 0 aromatic carbocycles. The average molecular weight is 1130 g/mol. The van der Waals surface area contributed by atoms with Gasteiger partial charge >= 0.3 is 23.7 Å². The van der Waals surface area contributed by atoms with Gasteiger partial charge in [-0.3, -0.25) is 4.39 Å². The Morgan fingerprint density at radius 2 is 0.514 bits per heavy atom. The first kappa shape index (κ1) is 62.3. The average Bonchev–Trinajstić information content (AvgIpc) is 3.21. The van der Waals surface area contributed by atoms with Crippen molar-refractivity contribution in [2.45, 2.75) is 188 Å². The van der Waals surface area contributed by atoms with Crippen molar-refractivity contribution in [2.24, 2.45) is 37.9 Å². The van der Waals surface area contributed by atoms with Crippen LogP contribution in [-0.2, 0) is 0 Å². The van der Waals surface area contributed by atoms with E-state index in [4.69, 9.17) is 0 Å². The summed E-state index contributed by atoms with van der Waals surface area (Å²) in [6, 6.07) is 0. The van der Waals surface area contributed by atoms with E-state index in [9.17, 15) is 141 Å². The molecule has 0 saturated heterocycles. The van der Waals surface area contributed by atoms with Gasteiger partial charge in [0.15, 0.2) is 21.8 Å². The highest BCUT2D eigenvalue weighted by Gasteiger charge is 3.04. The molecule has 6 bridgehead atoms. The van der Waals surface area contributed by atoms with Gasteiger partial charge in [-0.15, -0.1) is 0 Å². The molecule has 6 aliphatic carbocycles. The zero-order valence-electron chi connectivity index (χ0n) is 38.4. The number of aliphatic hydroxyl groups is 1. The van der Waals surface area contributed by atoms with Crippen LogP contribution in [-0.4, -0.2) is 124 Å². The second-order valence-corrected chi connectivity index (χ2v) is 21.8. The summed E-state index contributed by atoms with van der Waals surface area (Å²) in [5.74, 6) is -67.6. The molecule has 426 valence electrons. The predicted octanol–water partition coefficient (Wildman–Crippen LogP) is 15.4. The van der Waals surface area contributed by atoms with Crippen molar-refractivity contribution in [3.8, 4) is 0 Å². The predicted molar refractivity (Wildman–Crippen MR) is 185 cm³/mol. The van der Waals surface area contributed by atoms with Gasteiger partial charge in [0.1, 0.15) is 36.3 Å². The van der Waals surface area contributed by atoms with Crippen molar-refractivity contribution in [1.82, 2.24) is 0 Å². The van der Waals surface area contributed by atoms with E-state index in [0.717, 1.165) is 0 Å². The maximum absolute atomic E-state index is 14.7. The summed E-state index contributed by atoms with van der Waals surface area (Å²) in [7, 11) is 0. The van der Waals surface area contributed by atoms with E-state index < -0.39 is 204 Å². The Morgan fingerprint density at radius 3 is 0.778 bits per heavy atom. The number of hydrogen-bond acceptors (Lipinski definition) is 1. The number of halogens is 31. The van der Waals surface area contributed by atoms with Gasteiger partial charge in [0.2, 0.25) is 22.7 Å². The molecule has 0 aromatic heterocycles. The molecule has 6 saturated carbocycles. The molecular formula is C40H43F31O. The first-order chi connectivity index (χ1) is 30.8. The second-order valence-electron chi connectivity index (χ2n) is 21.8. The van der Waals surface area contributed by atoms with Gasteiger partial charge in [-0.25, -0.2) is 132 Å². The third-order valence-corrected chi connectivity index (χ3v) is 18.0. The normalized spacial score (nSPS) is 51.2. The SMILES string of the molecule is CC1(CF)CC2(C)C(F)(F)C(C)(F)C(F)(F)C(C)(C1(F)F)C2(F)F.CC1(F)C(F)(F)C2(C)CC(F)(CF)C(F)(F)C(C)(C1(F)F)C2(F)F.CC1(F)C(F)(F)C2(C)CC(O)(CF)C(F)(F)C(C)(C1(F)F)C2(F)F. The smallest absolute Gasteiger partial charge is 0.304 e. The zero-order valence-corrected chi connectivity index (χ0v) is 38.4. The maximum atomic E-state index is 14.7. The van der Waals surface area contributed by atoms with Gasteiger partial charge < -0.3 is 5.11 Å². The molecule has 0 aromatic rings. The van der Waals surface area contributed by atoms with Crippen LogP contribution in [0.25, 0.3) is 0 Å². The van der Waals surface area contributed by atoms with Crippen molar-refractivity contribution < 1.29 is 141 Å². The van der Waals surface area contributed by atoms with E-state index in [2.05, 4.69) is 0 Å². The highest BCUT2D eigenvalue weighted by molar-refractivity contribution is 5.37. The first-order valence-electron chi connectivity index (χ1n) is 20.5. The molecule has 12 unspecified atom stereocenters. The van der Waals surface area contributed by atoms with Crippen LogP contribution in [0.15, 0.2) is 0 Å². The summed E-state index contributed by atoms with van der Waals surface area (Å²) < 4.78 is 443. The van der Waals surface area contributed by atoms with E-state index in [1.807, 2.05) is 0 Å². The van der Waals surface area contributed by atoms with Crippen LogP contribution in [0.5, 0.6) is 0 Å². The molecule has 6 rings (SSSR count). The van der Waals surface area contributed by atoms with Gasteiger partial charge in [-0.2, -0.15) is 0 Å². The van der Waals surface area contributed by atoms with E-state index in [0.29, 0.717) is 6.92 Å². The van der Waals surface area contributed by atoms with Crippen LogP contribution < -0.4 is 0 Å². The topological polar surface area (TPSA) is 20.2 Å². The van der Waals surface area contributed by atoms with Gasteiger partial charge in [0.25, 0.3) is 47.4 Å². The standard InChI is InChI=1S/C14H16F10.C13H13F11.C13H14F10O/c1-7(6-15)5-8(2)12(19,20)9(3,11(7,17)18)14(23,24)10(4,16)13(8,21)22;1-6-4-9(16,5-14)13(23,24)7(2,10(6,17)18)12(21,22)8(3,15)11(6,19)20;1-6-4-9(24,5-14)13(22,23)7(2,10(6,16)17)12(20,21)8(3,15)11(6,18)19/h5-6H2,1-4H3;4-5H2,1-3H3;24H,4-5H2,1-3H3. The Morgan fingerprint density at radius 1 is 0.264 bits per heavy atom. The summed E-state index contributed by atoms with van der Waals surface area (Å²) in [5, 5.41) is 9.66. The van der Waals surface area contributed by atoms with Gasteiger partial charge in [0.05, 0.1) is 5.41 Å². The molecule has 1 nitrogen and oxygen atoms in total. The molecule has 6 aliphatic rings. The summed E-state index contributed by atoms with van der Waals surface area (Å²) in [6.45, 7) is -10.0. The lowest BCUT2D eigenvalue weighted by molar-refractivity contribution is -0.501. The Hall–Kier alpha value is -2.21. The Kier molecular flexibility index (Phi) is 12.5. The minimum absolute atomic E-state index is 0.0570. The Balaban J connectivity index is 0.000000234. The fourth-order valence-corrected chi connectivity index (χ4v) is 12.4. The van der Waals surface area contributed by atoms with Crippen molar-refractivity contribution >= 4 is 0 Å². The summed E-state index contributed by atoms with van der Waals surface area (Å²) in [5.41, 5.74) is -55.0. The molecule has 0 radical (unpaired) electrons. The zero-order chi connectivity index (χ0) is 58.2. The molecule has 0 spiro atoms. The fourth-order valence-electron chi connectivity index (χ4n) is 12.4. The van der Waals surface area contributed by atoms with E-state index in [1.54, 1.807) is 0 Å². The van der Waals surface area contributed by atoms with Crippen LogP contribution in [0.3, 0.4) is 0 Å². The quantitative estimate of drug-likeness (QED) is 0.279. The third-order valence-electron chi connectivity index (χ3n) is 18.0. The van der Waals surface area contributed by atoms with Crippen molar-refractivity contribution in [1.29, 1.82) is 0 Å².